The fourth-order valence-electron chi connectivity index (χ4n) is 3.99. The number of aryl methyl sites for hydroxylation is 1. The van der Waals surface area contributed by atoms with E-state index in [0.29, 0.717) is 33.9 Å². The molecule has 36 heavy (non-hydrogen) atoms. The molecule has 0 aliphatic rings. The Balaban J connectivity index is 1.38. The first-order valence-electron chi connectivity index (χ1n) is 11.2. The molecule has 0 radical (unpaired) electrons. The topological polar surface area (TPSA) is 100 Å². The van der Waals surface area contributed by atoms with Gasteiger partial charge >= 0.3 is 0 Å². The number of para-hydroxylation sites is 1. The summed E-state index contributed by atoms with van der Waals surface area (Å²) in [6.07, 6.45) is 0. The summed E-state index contributed by atoms with van der Waals surface area (Å²) in [7, 11) is 1.62. The largest absolute Gasteiger partial charge is 0.497 e. The Labute approximate surface area is 209 Å². The summed E-state index contributed by atoms with van der Waals surface area (Å²) >= 11 is 1.41. The van der Waals surface area contributed by atoms with Crippen LogP contribution in [0.1, 0.15) is 11.5 Å². The van der Waals surface area contributed by atoms with Crippen LogP contribution in [-0.2, 0) is 5.75 Å². The molecule has 3 aromatic heterocycles. The van der Waals surface area contributed by atoms with Crippen molar-refractivity contribution in [1.29, 1.82) is 0 Å². The fraction of sp³-hybridized carbons (Fsp3) is 0.115. The van der Waals surface area contributed by atoms with Gasteiger partial charge in [-0.1, -0.05) is 41.6 Å². The van der Waals surface area contributed by atoms with Gasteiger partial charge in [0.1, 0.15) is 5.75 Å². The predicted molar refractivity (Wildman–Crippen MR) is 137 cm³/mol. The molecule has 9 nitrogen and oxygen atoms in total. The van der Waals surface area contributed by atoms with E-state index in [4.69, 9.17) is 9.15 Å². The molecule has 10 heteroatoms. The molecule has 0 saturated carbocycles. The zero-order valence-corrected chi connectivity index (χ0v) is 20.3. The first kappa shape index (κ1) is 22.1. The highest BCUT2D eigenvalue weighted by atomic mass is 32.2. The summed E-state index contributed by atoms with van der Waals surface area (Å²) in [5, 5.41) is 18.3. The van der Waals surface area contributed by atoms with E-state index in [-0.39, 0.29) is 5.56 Å². The van der Waals surface area contributed by atoms with E-state index >= 15 is 0 Å². The zero-order valence-electron chi connectivity index (χ0n) is 19.5. The second kappa shape index (κ2) is 8.97. The third-order valence-corrected chi connectivity index (χ3v) is 6.73. The number of fused-ring (bicyclic) bond motifs is 3. The highest BCUT2D eigenvalue weighted by Crippen LogP contribution is 2.27. The molecular weight excluding hydrogens is 476 g/mol. The van der Waals surface area contributed by atoms with E-state index in [9.17, 15) is 4.79 Å². The van der Waals surface area contributed by atoms with Crippen LogP contribution in [0, 0.1) is 6.92 Å². The number of thioether (sulfide) groups is 1. The SMILES string of the molecule is COc1ccc(-c2nnc(CSc3nnc4n(-c5ccc(C)cc5)c(=O)c5ccccc5n34)o2)cc1. The Morgan fingerprint density at radius 1 is 0.917 bits per heavy atom. The lowest BCUT2D eigenvalue weighted by Crippen LogP contribution is -2.21. The highest BCUT2D eigenvalue weighted by Gasteiger charge is 2.19. The number of rotatable bonds is 6. The Bertz CT molecular complexity index is 1750. The maximum absolute atomic E-state index is 13.4. The summed E-state index contributed by atoms with van der Waals surface area (Å²) in [5.41, 5.74) is 3.23. The van der Waals surface area contributed by atoms with Gasteiger partial charge < -0.3 is 9.15 Å². The maximum atomic E-state index is 13.4. The first-order chi connectivity index (χ1) is 17.6. The van der Waals surface area contributed by atoms with Gasteiger partial charge in [0.2, 0.25) is 17.6 Å². The van der Waals surface area contributed by atoms with E-state index in [1.807, 2.05) is 84.1 Å². The maximum Gasteiger partial charge on any atom is 0.267 e. The molecule has 0 bridgehead atoms. The van der Waals surface area contributed by atoms with Gasteiger partial charge in [0, 0.05) is 5.56 Å². The molecule has 0 unspecified atom stereocenters. The number of nitrogens with zero attached hydrogens (tertiary/aromatic N) is 6. The smallest absolute Gasteiger partial charge is 0.267 e. The van der Waals surface area contributed by atoms with Crippen molar-refractivity contribution in [3.8, 4) is 22.9 Å². The minimum atomic E-state index is -0.146. The van der Waals surface area contributed by atoms with Gasteiger partial charge in [0.25, 0.3) is 5.56 Å². The van der Waals surface area contributed by atoms with Crippen LogP contribution in [0.2, 0.25) is 0 Å². The molecule has 178 valence electrons. The third kappa shape index (κ3) is 3.81. The lowest BCUT2D eigenvalue weighted by Gasteiger charge is -2.11. The Kier molecular flexibility index (Phi) is 5.49. The average molecular weight is 497 g/mol. The molecule has 0 aliphatic carbocycles. The van der Waals surface area contributed by atoms with Crippen LogP contribution >= 0.6 is 11.8 Å². The molecule has 0 amide bonds. The first-order valence-corrected chi connectivity index (χ1v) is 12.2. The van der Waals surface area contributed by atoms with Crippen LogP contribution in [0.4, 0.5) is 0 Å². The number of methoxy groups -OCH3 is 1. The summed E-state index contributed by atoms with van der Waals surface area (Å²) < 4.78 is 14.5. The molecule has 0 spiro atoms. The van der Waals surface area contributed by atoms with Gasteiger partial charge in [-0.3, -0.25) is 9.20 Å². The Hall–Kier alpha value is -4.44. The van der Waals surface area contributed by atoms with E-state index in [1.54, 1.807) is 11.7 Å². The van der Waals surface area contributed by atoms with Gasteiger partial charge in [-0.2, -0.15) is 0 Å². The van der Waals surface area contributed by atoms with Crippen LogP contribution in [0.15, 0.2) is 87.2 Å². The monoisotopic (exact) mass is 496 g/mol. The van der Waals surface area contributed by atoms with Gasteiger partial charge in [0.05, 0.1) is 29.5 Å². The quantitative estimate of drug-likeness (QED) is 0.306. The van der Waals surface area contributed by atoms with Crippen LogP contribution < -0.4 is 10.3 Å². The summed E-state index contributed by atoms with van der Waals surface area (Å²) in [6, 6.07) is 22.6. The normalized spacial score (nSPS) is 11.4. The van der Waals surface area contributed by atoms with Crippen molar-refractivity contribution in [1.82, 2.24) is 29.4 Å². The Morgan fingerprint density at radius 3 is 2.47 bits per heavy atom. The fourth-order valence-corrected chi connectivity index (χ4v) is 4.76. The zero-order chi connectivity index (χ0) is 24.6. The van der Waals surface area contributed by atoms with Gasteiger partial charge in [-0.05, 0) is 55.5 Å². The molecule has 3 heterocycles. The van der Waals surface area contributed by atoms with E-state index in [0.717, 1.165) is 28.1 Å². The number of aromatic nitrogens is 6. The molecule has 0 aliphatic heterocycles. The van der Waals surface area contributed by atoms with E-state index in [2.05, 4.69) is 20.4 Å². The molecule has 3 aromatic carbocycles. The van der Waals surface area contributed by atoms with E-state index in [1.165, 1.54) is 11.8 Å². The van der Waals surface area contributed by atoms with Crippen molar-refractivity contribution < 1.29 is 9.15 Å². The standard InChI is InChI=1S/C26H20N6O3S/c1-16-7-11-18(12-8-16)31-24(33)20-5-3-4-6-21(20)32-25(31)29-30-26(32)36-15-22-27-28-23(35-22)17-9-13-19(34-2)14-10-17/h3-14H,15H2,1-2H3. The van der Waals surface area contributed by atoms with Crippen molar-refractivity contribution >= 4 is 28.4 Å². The molecular formula is C26H20N6O3S. The third-order valence-electron chi connectivity index (χ3n) is 5.82. The van der Waals surface area contributed by atoms with Crippen molar-refractivity contribution in [3.05, 3.63) is 94.6 Å². The number of benzene rings is 3. The molecule has 0 N–H and O–H groups in total. The molecule has 6 rings (SSSR count). The van der Waals surface area contributed by atoms with Crippen LogP contribution in [0.3, 0.4) is 0 Å². The second-order valence-electron chi connectivity index (χ2n) is 8.13. The van der Waals surface area contributed by atoms with Gasteiger partial charge in [0.15, 0.2) is 5.16 Å². The van der Waals surface area contributed by atoms with Crippen LogP contribution in [0.5, 0.6) is 5.75 Å². The second-order valence-corrected chi connectivity index (χ2v) is 9.07. The minimum absolute atomic E-state index is 0.146. The molecule has 0 saturated heterocycles. The molecule has 0 atom stereocenters. The van der Waals surface area contributed by atoms with Crippen LogP contribution in [-0.4, -0.2) is 36.5 Å². The summed E-state index contributed by atoms with van der Waals surface area (Å²) in [6.45, 7) is 2.01. The Morgan fingerprint density at radius 2 is 1.69 bits per heavy atom. The lowest BCUT2D eigenvalue weighted by atomic mass is 10.2. The minimum Gasteiger partial charge on any atom is -0.497 e. The number of hydrogen-bond donors (Lipinski definition) is 0. The average Bonchev–Trinajstić information content (AvgIpc) is 3.56. The summed E-state index contributed by atoms with van der Waals surface area (Å²) in [4.78, 5) is 13.4. The van der Waals surface area contributed by atoms with Crippen molar-refractivity contribution in [2.45, 2.75) is 17.8 Å². The highest BCUT2D eigenvalue weighted by molar-refractivity contribution is 7.98. The summed E-state index contributed by atoms with van der Waals surface area (Å²) in [5.74, 6) is 2.47. The van der Waals surface area contributed by atoms with Crippen LogP contribution in [0.25, 0.3) is 33.8 Å². The number of hydrogen-bond acceptors (Lipinski definition) is 8. The molecule has 6 aromatic rings. The van der Waals surface area contributed by atoms with Crippen molar-refractivity contribution in [2.75, 3.05) is 7.11 Å². The van der Waals surface area contributed by atoms with Crippen molar-refractivity contribution in [2.24, 2.45) is 0 Å². The van der Waals surface area contributed by atoms with Gasteiger partial charge in [-0.25, -0.2) is 4.57 Å². The number of ether oxygens (including phenoxy) is 1. The van der Waals surface area contributed by atoms with Crippen molar-refractivity contribution in [3.63, 3.8) is 0 Å². The molecule has 0 fully saturated rings. The lowest BCUT2D eigenvalue weighted by molar-refractivity contribution is 0.415. The van der Waals surface area contributed by atoms with Gasteiger partial charge in [-0.15, -0.1) is 20.4 Å². The van der Waals surface area contributed by atoms with E-state index < -0.39 is 0 Å². The predicted octanol–water partition coefficient (Wildman–Crippen LogP) is 4.69.